The fraction of sp³-hybridized carbons (Fsp3) is 0.333. The molecule has 2 rings (SSSR count). The van der Waals surface area contributed by atoms with Gasteiger partial charge < -0.3 is 9.52 Å². The van der Waals surface area contributed by atoms with Crippen molar-refractivity contribution >= 4 is 15.7 Å². The maximum absolute atomic E-state index is 12.7. The number of rotatable bonds is 4. The van der Waals surface area contributed by atoms with Crippen LogP contribution in [0.2, 0.25) is 0 Å². The van der Waals surface area contributed by atoms with E-state index in [1.807, 2.05) is 32.0 Å². The summed E-state index contributed by atoms with van der Waals surface area (Å²) in [5, 5.41) is 9.07. The second kappa shape index (κ2) is 5.54. The van der Waals surface area contributed by atoms with Gasteiger partial charge >= 0.3 is 0 Å². The number of anilines is 1. The Kier molecular flexibility index (Phi) is 4.11. The van der Waals surface area contributed by atoms with Gasteiger partial charge in [0.05, 0.1) is 5.69 Å². The highest BCUT2D eigenvalue weighted by molar-refractivity contribution is 7.92. The number of hydrogen-bond acceptors (Lipinski definition) is 4. The molecular formula is C15H19NO4S. The Morgan fingerprint density at radius 1 is 1.10 bits per heavy atom. The second-order valence-corrected chi connectivity index (χ2v) is 7.05. The van der Waals surface area contributed by atoms with Crippen LogP contribution in [0, 0.1) is 20.8 Å². The quantitative estimate of drug-likeness (QED) is 0.942. The highest BCUT2D eigenvalue weighted by atomic mass is 32.2. The average molecular weight is 309 g/mol. The normalized spacial score (nSPS) is 11.7. The molecule has 1 N–H and O–H groups in total. The van der Waals surface area contributed by atoms with Crippen LogP contribution in [0.3, 0.4) is 0 Å². The Labute approximate surface area is 124 Å². The first-order chi connectivity index (χ1) is 9.75. The summed E-state index contributed by atoms with van der Waals surface area (Å²) in [6.45, 7) is 5.08. The Hall–Kier alpha value is -1.79. The van der Waals surface area contributed by atoms with Gasteiger partial charge in [0.2, 0.25) is 0 Å². The predicted molar refractivity (Wildman–Crippen MR) is 80.9 cm³/mol. The van der Waals surface area contributed by atoms with E-state index in [2.05, 4.69) is 0 Å². The maximum Gasteiger partial charge on any atom is 0.267 e. The molecule has 0 radical (unpaired) electrons. The van der Waals surface area contributed by atoms with Crippen molar-refractivity contribution in [1.82, 2.24) is 0 Å². The van der Waals surface area contributed by atoms with Crippen LogP contribution in [0.1, 0.15) is 22.6 Å². The van der Waals surface area contributed by atoms with Gasteiger partial charge in [0.15, 0.2) is 0 Å². The molecule has 0 unspecified atom stereocenters. The lowest BCUT2D eigenvalue weighted by Crippen LogP contribution is -2.26. The molecule has 1 heterocycles. The standard InChI is InChI=1S/C15H19NO4S/c1-10-5-11(2)7-13(6-10)16(4)21(18,19)15-8-14(9-17)20-12(15)3/h5-8,17H,9H2,1-4H3. The highest BCUT2D eigenvalue weighted by Gasteiger charge is 2.26. The summed E-state index contributed by atoms with van der Waals surface area (Å²) in [6.07, 6.45) is 0. The second-order valence-electron chi connectivity index (χ2n) is 5.11. The molecule has 0 saturated carbocycles. The highest BCUT2D eigenvalue weighted by Crippen LogP contribution is 2.27. The Balaban J connectivity index is 2.49. The molecule has 0 spiro atoms. The number of sulfonamides is 1. The zero-order valence-corrected chi connectivity index (χ0v) is 13.4. The van der Waals surface area contributed by atoms with Crippen molar-refractivity contribution in [2.24, 2.45) is 0 Å². The van der Waals surface area contributed by atoms with E-state index >= 15 is 0 Å². The molecule has 114 valence electrons. The smallest absolute Gasteiger partial charge is 0.267 e. The van der Waals surface area contributed by atoms with Crippen LogP contribution >= 0.6 is 0 Å². The molecule has 0 aliphatic rings. The molecule has 0 saturated heterocycles. The molecular weight excluding hydrogens is 290 g/mol. The topological polar surface area (TPSA) is 70.8 Å². The number of furan rings is 1. The predicted octanol–water partition coefficient (Wildman–Crippen LogP) is 2.52. The van der Waals surface area contributed by atoms with Crippen LogP contribution in [0.5, 0.6) is 0 Å². The van der Waals surface area contributed by atoms with Crippen LogP contribution in [-0.2, 0) is 16.6 Å². The lowest BCUT2D eigenvalue weighted by Gasteiger charge is -2.20. The molecule has 0 bridgehead atoms. The van der Waals surface area contributed by atoms with Crippen molar-refractivity contribution in [3.63, 3.8) is 0 Å². The Morgan fingerprint density at radius 2 is 1.67 bits per heavy atom. The number of hydrogen-bond donors (Lipinski definition) is 1. The van der Waals surface area contributed by atoms with Gasteiger partial charge in [-0.2, -0.15) is 0 Å². The van der Waals surface area contributed by atoms with Gasteiger partial charge in [-0.1, -0.05) is 6.07 Å². The Bertz CT molecular complexity index is 742. The van der Waals surface area contributed by atoms with Crippen molar-refractivity contribution in [3.8, 4) is 0 Å². The third-order valence-electron chi connectivity index (χ3n) is 3.29. The summed E-state index contributed by atoms with van der Waals surface area (Å²) < 4.78 is 31.8. The molecule has 0 aliphatic heterocycles. The van der Waals surface area contributed by atoms with Gasteiger partial charge in [-0.15, -0.1) is 0 Å². The molecule has 5 nitrogen and oxygen atoms in total. The minimum absolute atomic E-state index is 0.0770. The molecule has 1 aromatic carbocycles. The van der Waals surface area contributed by atoms with E-state index in [0.717, 1.165) is 11.1 Å². The number of aliphatic hydroxyl groups excluding tert-OH is 1. The fourth-order valence-electron chi connectivity index (χ4n) is 2.28. The SMILES string of the molecule is Cc1cc(C)cc(N(C)S(=O)(=O)c2cc(CO)oc2C)c1. The van der Waals surface area contributed by atoms with E-state index in [9.17, 15) is 8.42 Å². The minimum Gasteiger partial charge on any atom is -0.462 e. The van der Waals surface area contributed by atoms with Crippen LogP contribution in [0.15, 0.2) is 33.6 Å². The van der Waals surface area contributed by atoms with Gasteiger partial charge in [0, 0.05) is 13.1 Å². The summed E-state index contributed by atoms with van der Waals surface area (Å²) in [4.78, 5) is 0.0770. The first kappa shape index (κ1) is 15.6. The zero-order valence-electron chi connectivity index (χ0n) is 12.5. The lowest BCUT2D eigenvalue weighted by molar-refractivity contribution is 0.244. The summed E-state index contributed by atoms with van der Waals surface area (Å²) in [6, 6.07) is 6.97. The third-order valence-corrected chi connectivity index (χ3v) is 5.18. The van der Waals surface area contributed by atoms with Crippen molar-refractivity contribution in [1.29, 1.82) is 0 Å². The molecule has 0 atom stereocenters. The van der Waals surface area contributed by atoms with Gasteiger partial charge in [-0.3, -0.25) is 4.31 Å². The van der Waals surface area contributed by atoms with Crippen molar-refractivity contribution in [2.45, 2.75) is 32.3 Å². The zero-order chi connectivity index (χ0) is 15.8. The molecule has 0 fully saturated rings. The van der Waals surface area contributed by atoms with Gasteiger partial charge in [0.25, 0.3) is 10.0 Å². The van der Waals surface area contributed by atoms with E-state index in [-0.39, 0.29) is 23.0 Å². The first-order valence-corrected chi connectivity index (χ1v) is 7.97. The van der Waals surface area contributed by atoms with Crippen molar-refractivity contribution in [3.05, 3.63) is 46.9 Å². The summed E-state index contributed by atoms with van der Waals surface area (Å²) in [7, 11) is -2.21. The van der Waals surface area contributed by atoms with E-state index < -0.39 is 10.0 Å². The van der Waals surface area contributed by atoms with Crippen LogP contribution < -0.4 is 4.31 Å². The van der Waals surface area contributed by atoms with Crippen LogP contribution in [0.4, 0.5) is 5.69 Å². The average Bonchev–Trinajstić information content (AvgIpc) is 2.78. The summed E-state index contributed by atoms with van der Waals surface area (Å²) in [5.74, 6) is 0.509. The molecule has 0 amide bonds. The number of aliphatic hydroxyl groups is 1. The fourth-order valence-corrected chi connectivity index (χ4v) is 3.64. The maximum atomic E-state index is 12.7. The summed E-state index contributed by atoms with van der Waals surface area (Å²) in [5.41, 5.74) is 2.58. The largest absolute Gasteiger partial charge is 0.462 e. The lowest BCUT2D eigenvalue weighted by atomic mass is 10.1. The van der Waals surface area contributed by atoms with Crippen molar-refractivity contribution < 1.29 is 17.9 Å². The van der Waals surface area contributed by atoms with E-state index in [1.165, 1.54) is 17.4 Å². The van der Waals surface area contributed by atoms with Gasteiger partial charge in [-0.05, 0) is 44.0 Å². The van der Waals surface area contributed by atoms with Gasteiger partial charge in [-0.25, -0.2) is 8.42 Å². The van der Waals surface area contributed by atoms with Crippen LogP contribution in [0.25, 0.3) is 0 Å². The Morgan fingerprint density at radius 3 is 2.14 bits per heavy atom. The first-order valence-electron chi connectivity index (χ1n) is 6.53. The third kappa shape index (κ3) is 2.96. The van der Waals surface area contributed by atoms with Crippen molar-refractivity contribution in [2.75, 3.05) is 11.4 Å². The van der Waals surface area contributed by atoms with E-state index in [4.69, 9.17) is 9.52 Å². The van der Waals surface area contributed by atoms with Crippen LogP contribution in [-0.4, -0.2) is 20.6 Å². The minimum atomic E-state index is -3.72. The molecule has 6 heteroatoms. The van der Waals surface area contributed by atoms with E-state index in [1.54, 1.807) is 6.92 Å². The molecule has 2 aromatic rings. The van der Waals surface area contributed by atoms with E-state index in [0.29, 0.717) is 5.69 Å². The molecule has 0 aliphatic carbocycles. The molecule has 1 aromatic heterocycles. The monoisotopic (exact) mass is 309 g/mol. The number of nitrogens with zero attached hydrogens (tertiary/aromatic N) is 1. The van der Waals surface area contributed by atoms with Gasteiger partial charge in [0.1, 0.15) is 23.0 Å². The molecule has 21 heavy (non-hydrogen) atoms. The summed E-state index contributed by atoms with van der Waals surface area (Å²) >= 11 is 0. The number of benzene rings is 1. The number of aryl methyl sites for hydroxylation is 3.